The van der Waals surface area contributed by atoms with Crippen molar-refractivity contribution < 1.29 is 13.2 Å². The van der Waals surface area contributed by atoms with Crippen LogP contribution in [0.15, 0.2) is 22.6 Å². The number of hydrogen-bond acceptors (Lipinski definition) is 1. The maximum absolute atomic E-state index is 11.8. The molecule has 0 unspecified atom stereocenters. The number of thiol groups is 1. The zero-order chi connectivity index (χ0) is 9.07. The lowest BCUT2D eigenvalue weighted by atomic mass is 10.2. The summed E-state index contributed by atoms with van der Waals surface area (Å²) in [6.07, 6.45) is -1.75. The maximum atomic E-state index is 11.8. The lowest BCUT2D eigenvalue weighted by Gasteiger charge is -2.05. The minimum Gasteiger partial charge on any atom is -0.166 e. The van der Waals surface area contributed by atoms with Gasteiger partial charge in [-0.3, -0.25) is 0 Å². The van der Waals surface area contributed by atoms with Crippen LogP contribution in [0.25, 0.3) is 0 Å². The normalized spacial score (nSPS) is 15.5. The smallest absolute Gasteiger partial charge is 0.166 e. The largest absolute Gasteiger partial charge is 0.412 e. The van der Waals surface area contributed by atoms with Crippen molar-refractivity contribution in [1.82, 2.24) is 0 Å². The van der Waals surface area contributed by atoms with E-state index < -0.39 is 11.7 Å². The van der Waals surface area contributed by atoms with Crippen molar-refractivity contribution in [3.05, 3.63) is 22.6 Å². The Balaban J connectivity index is 4.48. The van der Waals surface area contributed by atoms with Crippen LogP contribution in [-0.4, -0.2) is 6.18 Å². The lowest BCUT2D eigenvalue weighted by molar-refractivity contribution is -0.0913. The molecule has 0 heterocycles. The third-order valence-electron chi connectivity index (χ3n) is 1.11. The Morgan fingerprint density at radius 2 is 1.82 bits per heavy atom. The van der Waals surface area contributed by atoms with Gasteiger partial charge in [0.05, 0.1) is 0 Å². The van der Waals surface area contributed by atoms with E-state index in [1.807, 2.05) is 0 Å². The molecule has 0 nitrogen and oxygen atoms in total. The molecular formula is C7H9F3S. The van der Waals surface area contributed by atoms with Gasteiger partial charge in [0.2, 0.25) is 0 Å². The van der Waals surface area contributed by atoms with E-state index in [2.05, 4.69) is 12.6 Å². The molecule has 0 amide bonds. The van der Waals surface area contributed by atoms with Crippen molar-refractivity contribution in [2.75, 3.05) is 0 Å². The van der Waals surface area contributed by atoms with Crippen molar-refractivity contribution >= 4 is 12.6 Å². The molecule has 0 aromatic rings. The first-order chi connectivity index (χ1) is 4.88. The zero-order valence-corrected chi connectivity index (χ0v) is 7.13. The summed E-state index contributed by atoms with van der Waals surface area (Å²) in [5, 5.41) is 0. The van der Waals surface area contributed by atoms with Crippen LogP contribution < -0.4 is 0 Å². The quantitative estimate of drug-likeness (QED) is 0.466. The van der Waals surface area contributed by atoms with Gasteiger partial charge in [-0.2, -0.15) is 13.2 Å². The summed E-state index contributed by atoms with van der Waals surface area (Å²) in [6.45, 7) is 2.64. The summed E-state index contributed by atoms with van der Waals surface area (Å²) in [5.74, 6) is 0. The Morgan fingerprint density at radius 1 is 1.36 bits per heavy atom. The van der Waals surface area contributed by atoms with Gasteiger partial charge in [-0.05, 0) is 24.8 Å². The minimum atomic E-state index is -4.24. The molecule has 0 aliphatic carbocycles. The second kappa shape index (κ2) is 3.85. The summed E-state index contributed by atoms with van der Waals surface area (Å²) in [5.41, 5.74) is -0.638. The average Bonchev–Trinajstić information content (AvgIpc) is 1.85. The molecule has 0 saturated heterocycles. The van der Waals surface area contributed by atoms with Crippen molar-refractivity contribution in [3.8, 4) is 0 Å². The van der Waals surface area contributed by atoms with Gasteiger partial charge in [-0.25, -0.2) is 0 Å². The highest BCUT2D eigenvalue weighted by molar-refractivity contribution is 7.84. The highest BCUT2D eigenvalue weighted by Crippen LogP contribution is 2.26. The van der Waals surface area contributed by atoms with Crippen LogP contribution in [0, 0.1) is 0 Å². The van der Waals surface area contributed by atoms with Gasteiger partial charge in [0.25, 0.3) is 0 Å². The van der Waals surface area contributed by atoms with Crippen LogP contribution in [0.1, 0.15) is 13.8 Å². The van der Waals surface area contributed by atoms with Crippen LogP contribution in [0.3, 0.4) is 0 Å². The van der Waals surface area contributed by atoms with Crippen molar-refractivity contribution in [2.45, 2.75) is 20.0 Å². The zero-order valence-electron chi connectivity index (χ0n) is 6.24. The number of halogens is 3. The van der Waals surface area contributed by atoms with E-state index in [0.717, 1.165) is 13.0 Å². The van der Waals surface area contributed by atoms with E-state index in [4.69, 9.17) is 0 Å². The second-order valence-corrected chi connectivity index (χ2v) is 2.56. The van der Waals surface area contributed by atoms with Crippen molar-refractivity contribution in [1.29, 1.82) is 0 Å². The molecule has 0 spiro atoms. The van der Waals surface area contributed by atoms with Gasteiger partial charge in [0.1, 0.15) is 0 Å². The van der Waals surface area contributed by atoms with Crippen LogP contribution >= 0.6 is 12.6 Å². The molecule has 0 atom stereocenters. The Labute approximate surface area is 69.2 Å². The second-order valence-electron chi connectivity index (χ2n) is 2.04. The van der Waals surface area contributed by atoms with Gasteiger partial charge < -0.3 is 0 Å². The van der Waals surface area contributed by atoms with Crippen molar-refractivity contribution in [2.24, 2.45) is 0 Å². The highest BCUT2D eigenvalue weighted by Gasteiger charge is 2.29. The van der Waals surface area contributed by atoms with Gasteiger partial charge in [-0.1, -0.05) is 6.08 Å². The summed E-state index contributed by atoms with van der Waals surface area (Å²) in [4.78, 5) is 0.319. The topological polar surface area (TPSA) is 0 Å². The molecule has 0 aliphatic heterocycles. The third-order valence-corrected chi connectivity index (χ3v) is 1.49. The van der Waals surface area contributed by atoms with Crippen molar-refractivity contribution in [3.63, 3.8) is 0 Å². The van der Waals surface area contributed by atoms with E-state index in [0.29, 0.717) is 4.91 Å². The number of rotatable bonds is 1. The van der Waals surface area contributed by atoms with E-state index >= 15 is 0 Å². The molecule has 11 heavy (non-hydrogen) atoms. The maximum Gasteiger partial charge on any atom is 0.412 e. The molecule has 0 aromatic carbocycles. The summed E-state index contributed by atoms with van der Waals surface area (Å²) in [6, 6.07) is 0. The van der Waals surface area contributed by atoms with E-state index in [1.165, 1.54) is 6.08 Å². The summed E-state index contributed by atoms with van der Waals surface area (Å²) in [7, 11) is 0. The SMILES string of the molecule is C/C=C(S)\C=C(/C)C(F)(F)F. The summed E-state index contributed by atoms with van der Waals surface area (Å²) >= 11 is 3.79. The lowest BCUT2D eigenvalue weighted by Crippen LogP contribution is -2.08. The molecule has 4 heteroatoms. The van der Waals surface area contributed by atoms with Gasteiger partial charge in [-0.15, -0.1) is 12.6 Å². The van der Waals surface area contributed by atoms with E-state index in [1.54, 1.807) is 6.92 Å². The molecule has 0 fully saturated rings. The Bertz CT molecular complexity index is 188. The average molecular weight is 182 g/mol. The number of allylic oxidation sites excluding steroid dienone is 3. The van der Waals surface area contributed by atoms with E-state index in [-0.39, 0.29) is 0 Å². The monoisotopic (exact) mass is 182 g/mol. The molecule has 0 saturated carbocycles. The molecule has 0 aromatic heterocycles. The van der Waals surface area contributed by atoms with Crippen LogP contribution in [0.5, 0.6) is 0 Å². The van der Waals surface area contributed by atoms with Gasteiger partial charge >= 0.3 is 6.18 Å². The Hall–Kier alpha value is -0.380. The molecule has 0 rings (SSSR count). The standard InChI is InChI=1S/C7H9F3S/c1-3-6(11)4-5(2)7(8,9)10/h3-4,11H,1-2H3/b5-4+,6-3+. The molecular weight excluding hydrogens is 173 g/mol. The van der Waals surface area contributed by atoms with Crippen LogP contribution in [0.2, 0.25) is 0 Å². The molecule has 0 bridgehead atoms. The fraction of sp³-hybridized carbons (Fsp3) is 0.429. The van der Waals surface area contributed by atoms with E-state index in [9.17, 15) is 13.2 Å². The molecule has 64 valence electrons. The number of hydrogen-bond donors (Lipinski definition) is 1. The first-order valence-corrected chi connectivity index (χ1v) is 3.43. The molecule has 0 radical (unpaired) electrons. The van der Waals surface area contributed by atoms with Crippen LogP contribution in [-0.2, 0) is 0 Å². The first kappa shape index (κ1) is 10.6. The molecule has 0 N–H and O–H groups in total. The third kappa shape index (κ3) is 4.14. The van der Waals surface area contributed by atoms with Gasteiger partial charge in [0, 0.05) is 5.57 Å². The first-order valence-electron chi connectivity index (χ1n) is 2.98. The molecule has 0 aliphatic rings. The number of alkyl halides is 3. The predicted molar refractivity (Wildman–Crippen MR) is 42.6 cm³/mol. The predicted octanol–water partition coefficient (Wildman–Crippen LogP) is 3.33. The minimum absolute atomic E-state index is 0.319. The van der Waals surface area contributed by atoms with Gasteiger partial charge in [0.15, 0.2) is 0 Å². The van der Waals surface area contributed by atoms with Crippen LogP contribution in [0.4, 0.5) is 13.2 Å². The Kier molecular flexibility index (Phi) is 3.72. The summed E-state index contributed by atoms with van der Waals surface area (Å²) < 4.78 is 35.4. The fourth-order valence-corrected chi connectivity index (χ4v) is 0.581. The Morgan fingerprint density at radius 3 is 2.09 bits per heavy atom. The highest BCUT2D eigenvalue weighted by atomic mass is 32.1. The fourth-order valence-electron chi connectivity index (χ4n) is 0.387.